The average Bonchev–Trinajstić information content (AvgIpc) is 1.84. The Morgan fingerprint density at radius 2 is 2.14 bits per heavy atom. The number of nitrogens with zero attached hydrogens (tertiary/aromatic N) is 1. The van der Waals surface area contributed by atoms with Crippen molar-refractivity contribution in [3.63, 3.8) is 0 Å². The molecule has 1 heterocycles. The minimum Gasteiger partial charge on any atom is -0.319 e. The van der Waals surface area contributed by atoms with Crippen LogP contribution in [0.15, 0.2) is 0 Å². The molecule has 1 fully saturated rings. The van der Waals surface area contributed by atoms with E-state index < -0.39 is 0 Å². The molecule has 1 saturated heterocycles. The van der Waals surface area contributed by atoms with Gasteiger partial charge in [-0.3, -0.25) is 0 Å². The Morgan fingerprint density at radius 1 is 1.43 bits per heavy atom. The predicted molar refractivity (Wildman–Crippen MR) is 34.3 cm³/mol. The van der Waals surface area contributed by atoms with E-state index in [9.17, 15) is 0 Å². The summed E-state index contributed by atoms with van der Waals surface area (Å²) in [5, 5.41) is 0. The monoisotopic (exact) mass is 118 g/mol. The van der Waals surface area contributed by atoms with Crippen LogP contribution in [0.3, 0.4) is 0 Å². The van der Waals surface area contributed by atoms with E-state index in [-0.39, 0.29) is 0 Å². The molecule has 0 spiro atoms. The zero-order chi connectivity index (χ0) is 5.33. The van der Waals surface area contributed by atoms with Gasteiger partial charge in [0.25, 0.3) is 0 Å². The van der Waals surface area contributed by atoms with E-state index in [1.54, 1.807) is 0 Å². The van der Waals surface area contributed by atoms with Crippen LogP contribution in [0.5, 0.6) is 0 Å². The van der Waals surface area contributed by atoms with E-state index in [1.165, 1.54) is 22.7 Å². The smallest absolute Gasteiger partial charge is 0.125 e. The van der Waals surface area contributed by atoms with Gasteiger partial charge in [0.05, 0.1) is 20.6 Å². The summed E-state index contributed by atoms with van der Waals surface area (Å²) >= 11 is 2.05. The van der Waals surface area contributed by atoms with Gasteiger partial charge in [-0.05, 0) is 0 Å². The molecule has 0 aromatic heterocycles. The Kier molecular flexibility index (Phi) is 1.30. The van der Waals surface area contributed by atoms with Crippen LogP contribution >= 0.6 is 11.8 Å². The molecule has 42 valence electrons. The molecule has 0 radical (unpaired) electrons. The standard InChI is InChI=1S/C5H12NS/c1-6(2)3-4-7-5-6/h3-5H2,1-2H3/q+1. The summed E-state index contributed by atoms with van der Waals surface area (Å²) in [5.74, 6) is 2.66. The molecule has 0 amide bonds. The molecule has 0 N–H and O–H groups in total. The Morgan fingerprint density at radius 3 is 2.29 bits per heavy atom. The first-order valence-corrected chi connectivity index (χ1v) is 3.76. The third-order valence-corrected chi connectivity index (χ3v) is 2.63. The molecule has 0 aromatic rings. The summed E-state index contributed by atoms with van der Waals surface area (Å²) in [6.07, 6.45) is 0. The highest BCUT2D eigenvalue weighted by Gasteiger charge is 2.20. The molecular formula is C5H12NS+. The molecule has 7 heavy (non-hydrogen) atoms. The lowest BCUT2D eigenvalue weighted by atomic mass is 10.6. The molecule has 1 rings (SSSR count). The maximum absolute atomic E-state index is 2.28. The van der Waals surface area contributed by atoms with Gasteiger partial charge in [-0.1, -0.05) is 11.8 Å². The number of hydrogen-bond donors (Lipinski definition) is 0. The van der Waals surface area contributed by atoms with Gasteiger partial charge in [0.2, 0.25) is 0 Å². The maximum Gasteiger partial charge on any atom is 0.125 e. The molecule has 0 unspecified atom stereocenters. The van der Waals surface area contributed by atoms with Gasteiger partial charge >= 0.3 is 0 Å². The fraction of sp³-hybridized carbons (Fsp3) is 1.00. The molecule has 0 atom stereocenters. The second-order valence-corrected chi connectivity index (χ2v) is 3.77. The number of thioether (sulfide) groups is 1. The second kappa shape index (κ2) is 1.67. The summed E-state index contributed by atoms with van der Waals surface area (Å²) in [4.78, 5) is 0. The summed E-state index contributed by atoms with van der Waals surface area (Å²) in [6, 6.07) is 0. The lowest BCUT2D eigenvalue weighted by Crippen LogP contribution is -2.35. The summed E-state index contributed by atoms with van der Waals surface area (Å²) in [5.41, 5.74) is 0. The van der Waals surface area contributed by atoms with Crippen molar-refractivity contribution in [3.05, 3.63) is 0 Å². The second-order valence-electron chi connectivity index (χ2n) is 2.70. The number of rotatable bonds is 0. The van der Waals surface area contributed by atoms with Crippen molar-refractivity contribution in [3.8, 4) is 0 Å². The van der Waals surface area contributed by atoms with Crippen molar-refractivity contribution in [1.82, 2.24) is 0 Å². The summed E-state index contributed by atoms with van der Waals surface area (Å²) in [7, 11) is 4.56. The highest BCUT2D eigenvalue weighted by atomic mass is 32.2. The van der Waals surface area contributed by atoms with Gasteiger partial charge in [0.1, 0.15) is 5.88 Å². The third kappa shape index (κ3) is 1.35. The van der Waals surface area contributed by atoms with Crippen molar-refractivity contribution in [1.29, 1.82) is 0 Å². The zero-order valence-corrected chi connectivity index (χ0v) is 5.79. The lowest BCUT2D eigenvalue weighted by Gasteiger charge is -2.20. The molecule has 1 aliphatic rings. The van der Waals surface area contributed by atoms with E-state index in [0.717, 1.165) is 0 Å². The highest BCUT2D eigenvalue weighted by molar-refractivity contribution is 7.99. The van der Waals surface area contributed by atoms with Gasteiger partial charge in [-0.15, -0.1) is 0 Å². The number of hydrogen-bond acceptors (Lipinski definition) is 1. The zero-order valence-electron chi connectivity index (χ0n) is 4.98. The quantitative estimate of drug-likeness (QED) is 0.423. The summed E-state index contributed by atoms with van der Waals surface area (Å²) in [6.45, 7) is 1.35. The molecule has 0 bridgehead atoms. The summed E-state index contributed by atoms with van der Waals surface area (Å²) < 4.78 is 1.21. The third-order valence-electron chi connectivity index (χ3n) is 1.28. The van der Waals surface area contributed by atoms with Gasteiger partial charge in [-0.25, -0.2) is 0 Å². The van der Waals surface area contributed by atoms with E-state index in [4.69, 9.17) is 0 Å². The van der Waals surface area contributed by atoms with E-state index >= 15 is 0 Å². The fourth-order valence-electron chi connectivity index (χ4n) is 0.688. The largest absolute Gasteiger partial charge is 0.319 e. The van der Waals surface area contributed by atoms with Gasteiger partial charge in [0.15, 0.2) is 0 Å². The first-order chi connectivity index (χ1) is 3.21. The molecule has 0 saturated carbocycles. The van der Waals surface area contributed by atoms with E-state index in [0.29, 0.717) is 0 Å². The van der Waals surface area contributed by atoms with Gasteiger partial charge in [0, 0.05) is 5.75 Å². The lowest BCUT2D eigenvalue weighted by molar-refractivity contribution is -0.870. The van der Waals surface area contributed by atoms with Crippen molar-refractivity contribution in [2.75, 3.05) is 32.3 Å². The van der Waals surface area contributed by atoms with Gasteiger partial charge < -0.3 is 4.48 Å². The molecule has 0 aromatic carbocycles. The van der Waals surface area contributed by atoms with Gasteiger partial charge in [-0.2, -0.15) is 0 Å². The van der Waals surface area contributed by atoms with Crippen molar-refractivity contribution in [2.45, 2.75) is 0 Å². The van der Waals surface area contributed by atoms with Crippen LogP contribution < -0.4 is 0 Å². The van der Waals surface area contributed by atoms with Crippen molar-refractivity contribution >= 4 is 11.8 Å². The van der Waals surface area contributed by atoms with Crippen LogP contribution in [-0.2, 0) is 0 Å². The Balaban J connectivity index is 2.40. The van der Waals surface area contributed by atoms with Crippen LogP contribution in [0.2, 0.25) is 0 Å². The van der Waals surface area contributed by atoms with Crippen molar-refractivity contribution in [2.24, 2.45) is 0 Å². The predicted octanol–water partition coefficient (Wildman–Crippen LogP) is 0.767. The maximum atomic E-state index is 2.28. The van der Waals surface area contributed by atoms with Crippen LogP contribution in [0.4, 0.5) is 0 Å². The topological polar surface area (TPSA) is 0 Å². The average molecular weight is 118 g/mol. The highest BCUT2D eigenvalue weighted by Crippen LogP contribution is 2.16. The molecule has 1 nitrogen and oxygen atoms in total. The fourth-order valence-corrected chi connectivity index (χ4v) is 2.06. The van der Waals surface area contributed by atoms with Crippen LogP contribution in [0.1, 0.15) is 0 Å². The van der Waals surface area contributed by atoms with Crippen molar-refractivity contribution < 1.29 is 4.48 Å². The number of quaternary nitrogens is 1. The Labute approximate surface area is 49.3 Å². The Hall–Kier alpha value is 0.310. The van der Waals surface area contributed by atoms with E-state index in [1.807, 2.05) is 0 Å². The van der Waals surface area contributed by atoms with E-state index in [2.05, 4.69) is 25.9 Å². The van der Waals surface area contributed by atoms with Crippen LogP contribution in [0, 0.1) is 0 Å². The first-order valence-electron chi connectivity index (χ1n) is 2.60. The first kappa shape index (κ1) is 5.45. The SMILES string of the molecule is C[N+]1(C)CCSC1. The molecule has 0 aliphatic carbocycles. The van der Waals surface area contributed by atoms with Crippen LogP contribution in [0.25, 0.3) is 0 Å². The molecule has 1 aliphatic heterocycles. The normalized spacial score (nSPS) is 28.3. The molecule has 2 heteroatoms. The Bertz CT molecular complexity index is 62.5. The molecular weight excluding hydrogens is 106 g/mol. The van der Waals surface area contributed by atoms with Crippen LogP contribution in [-0.4, -0.2) is 36.8 Å². The minimum absolute atomic E-state index is 1.21. The minimum atomic E-state index is 1.21.